The summed E-state index contributed by atoms with van der Waals surface area (Å²) in [6.07, 6.45) is 2.85. The number of piperidine rings is 1. The molecule has 1 aromatic heterocycles. The molecule has 0 unspecified atom stereocenters. The molecule has 3 heterocycles. The molecule has 0 bridgehead atoms. The van der Waals surface area contributed by atoms with Crippen molar-refractivity contribution in [2.24, 2.45) is 5.92 Å². The Hall–Kier alpha value is -4.14. The maximum absolute atomic E-state index is 13.2. The van der Waals surface area contributed by atoms with Crippen LogP contribution in [-0.4, -0.2) is 41.5 Å². The van der Waals surface area contributed by atoms with Crippen LogP contribution in [0.15, 0.2) is 59.4 Å². The van der Waals surface area contributed by atoms with E-state index in [0.717, 1.165) is 32.4 Å². The van der Waals surface area contributed by atoms with E-state index in [9.17, 15) is 14.4 Å². The second-order valence-electron chi connectivity index (χ2n) is 9.50. The van der Waals surface area contributed by atoms with Gasteiger partial charge in [0.1, 0.15) is 11.6 Å². The first-order chi connectivity index (χ1) is 18.0. The minimum atomic E-state index is -0.958. The Labute approximate surface area is 215 Å². The smallest absolute Gasteiger partial charge is 0.258 e. The molecular weight excluding hydrogens is 470 g/mol. The van der Waals surface area contributed by atoms with Crippen LogP contribution in [0.1, 0.15) is 43.2 Å². The number of amides is 2. The van der Waals surface area contributed by atoms with Crippen molar-refractivity contribution < 1.29 is 14.3 Å². The predicted octanol–water partition coefficient (Wildman–Crippen LogP) is 3.69. The number of hydrogen-bond acceptors (Lipinski definition) is 6. The Kier molecular flexibility index (Phi) is 7.20. The van der Waals surface area contributed by atoms with Gasteiger partial charge in [-0.05, 0) is 49.8 Å². The number of aromatic nitrogens is 2. The Balaban J connectivity index is 1.32. The van der Waals surface area contributed by atoms with Crippen molar-refractivity contribution in [1.29, 1.82) is 0 Å². The summed E-state index contributed by atoms with van der Waals surface area (Å²) in [5, 5.41) is 5.52. The fraction of sp³-hybridized carbons (Fsp3) is 0.357. The first kappa shape index (κ1) is 24.5. The number of fused-ring (bicyclic) bond motifs is 1. The lowest BCUT2D eigenvalue weighted by Gasteiger charge is -2.33. The lowest BCUT2D eigenvalue weighted by Crippen LogP contribution is -2.40. The lowest BCUT2D eigenvalue weighted by atomic mass is 9.90. The molecule has 1 saturated heterocycles. The molecule has 0 radical (unpaired) electrons. The van der Waals surface area contributed by atoms with Crippen LogP contribution in [0.4, 0.5) is 17.5 Å². The largest absolute Gasteiger partial charge is 0.492 e. The number of nitrogens with one attached hydrogen (secondary N) is 3. The molecule has 192 valence electrons. The highest BCUT2D eigenvalue weighted by molar-refractivity contribution is 6.05. The van der Waals surface area contributed by atoms with Crippen LogP contribution in [0, 0.1) is 5.92 Å². The van der Waals surface area contributed by atoms with E-state index in [1.165, 1.54) is 5.56 Å². The number of aromatic amines is 1. The van der Waals surface area contributed by atoms with Gasteiger partial charge in [0.25, 0.3) is 5.56 Å². The molecule has 9 heteroatoms. The van der Waals surface area contributed by atoms with Gasteiger partial charge < -0.3 is 20.3 Å². The van der Waals surface area contributed by atoms with Crippen LogP contribution in [0.25, 0.3) is 0 Å². The standard InChI is InChI=1S/C28H31N5O4/c1-2-37-22-11-7-6-10-21(22)29-26(35)20-17-23(34)30-25-24(20)27(36)32-28(31-25)33-14-12-19(13-15-33)16-18-8-4-3-5-9-18/h3-11,19-20H,2,12-17H2,1H3,(H,29,35)(H2,30,31,32,34,36)/t20-/m1/s1. The van der Waals surface area contributed by atoms with E-state index in [4.69, 9.17) is 4.74 Å². The summed E-state index contributed by atoms with van der Waals surface area (Å²) in [5.74, 6) is -0.0985. The van der Waals surface area contributed by atoms with E-state index in [0.29, 0.717) is 29.9 Å². The Morgan fingerprint density at radius 1 is 1.08 bits per heavy atom. The third-order valence-electron chi connectivity index (χ3n) is 6.98. The van der Waals surface area contributed by atoms with Gasteiger partial charge >= 0.3 is 0 Å². The van der Waals surface area contributed by atoms with Gasteiger partial charge in [0, 0.05) is 19.5 Å². The number of rotatable bonds is 7. The fourth-order valence-corrected chi connectivity index (χ4v) is 5.10. The van der Waals surface area contributed by atoms with Crippen molar-refractivity contribution >= 4 is 29.3 Å². The number of carbonyl (C=O) groups is 2. The van der Waals surface area contributed by atoms with Gasteiger partial charge in [-0.2, -0.15) is 4.98 Å². The number of anilines is 3. The molecule has 3 N–H and O–H groups in total. The van der Waals surface area contributed by atoms with E-state index >= 15 is 0 Å². The number of hydrogen-bond donors (Lipinski definition) is 3. The number of nitrogens with zero attached hydrogens (tertiary/aromatic N) is 2. The summed E-state index contributed by atoms with van der Waals surface area (Å²) >= 11 is 0. The van der Waals surface area contributed by atoms with E-state index in [2.05, 4.69) is 44.9 Å². The molecule has 2 aliphatic rings. The summed E-state index contributed by atoms with van der Waals surface area (Å²) in [4.78, 5) is 48.4. The zero-order valence-electron chi connectivity index (χ0n) is 20.8. The van der Waals surface area contributed by atoms with E-state index in [-0.39, 0.29) is 23.7 Å². The van der Waals surface area contributed by atoms with Gasteiger partial charge in [-0.25, -0.2) is 0 Å². The fourth-order valence-electron chi connectivity index (χ4n) is 5.10. The van der Waals surface area contributed by atoms with E-state index < -0.39 is 17.4 Å². The predicted molar refractivity (Wildman–Crippen MR) is 142 cm³/mol. The Bertz CT molecular complexity index is 1330. The van der Waals surface area contributed by atoms with Crippen LogP contribution in [-0.2, 0) is 16.0 Å². The molecule has 1 fully saturated rings. The monoisotopic (exact) mass is 501 g/mol. The summed E-state index contributed by atoms with van der Waals surface area (Å²) in [6.45, 7) is 3.81. The quantitative estimate of drug-likeness (QED) is 0.455. The minimum absolute atomic E-state index is 0.134. The number of H-pyrrole nitrogens is 1. The summed E-state index contributed by atoms with van der Waals surface area (Å²) < 4.78 is 5.58. The molecule has 5 rings (SSSR count). The average Bonchev–Trinajstić information content (AvgIpc) is 2.90. The van der Waals surface area contributed by atoms with Gasteiger partial charge in [0.05, 0.1) is 23.8 Å². The zero-order valence-corrected chi connectivity index (χ0v) is 20.8. The van der Waals surface area contributed by atoms with Gasteiger partial charge in [-0.3, -0.25) is 19.4 Å². The van der Waals surface area contributed by atoms with Crippen LogP contribution < -0.4 is 25.8 Å². The number of carbonyl (C=O) groups excluding carboxylic acids is 2. The maximum Gasteiger partial charge on any atom is 0.258 e. The topological polar surface area (TPSA) is 116 Å². The Morgan fingerprint density at radius 3 is 2.57 bits per heavy atom. The number of para-hydroxylation sites is 2. The van der Waals surface area contributed by atoms with Crippen molar-refractivity contribution in [3.63, 3.8) is 0 Å². The van der Waals surface area contributed by atoms with Gasteiger partial charge in [0.15, 0.2) is 0 Å². The van der Waals surface area contributed by atoms with Crippen LogP contribution in [0.2, 0.25) is 0 Å². The lowest BCUT2D eigenvalue weighted by molar-refractivity contribution is -0.123. The van der Waals surface area contributed by atoms with Crippen LogP contribution in [0.5, 0.6) is 5.75 Å². The minimum Gasteiger partial charge on any atom is -0.492 e. The molecule has 9 nitrogen and oxygen atoms in total. The molecule has 0 aliphatic carbocycles. The van der Waals surface area contributed by atoms with Crippen molar-refractivity contribution in [3.8, 4) is 5.75 Å². The molecule has 37 heavy (non-hydrogen) atoms. The molecule has 2 amide bonds. The molecular formula is C28H31N5O4. The van der Waals surface area contributed by atoms with Gasteiger partial charge in [0.2, 0.25) is 17.8 Å². The normalized spacial score (nSPS) is 17.6. The first-order valence-electron chi connectivity index (χ1n) is 12.8. The highest BCUT2D eigenvalue weighted by atomic mass is 16.5. The SMILES string of the molecule is CCOc1ccccc1NC(=O)[C@@H]1CC(=O)Nc2nc(N3CCC(Cc4ccccc4)CC3)[nH]c(=O)c21. The van der Waals surface area contributed by atoms with Crippen LogP contribution >= 0.6 is 0 Å². The molecule has 2 aromatic carbocycles. The second kappa shape index (κ2) is 10.9. The zero-order chi connectivity index (χ0) is 25.8. The molecule has 0 spiro atoms. The van der Waals surface area contributed by atoms with Crippen molar-refractivity contribution in [3.05, 3.63) is 76.1 Å². The van der Waals surface area contributed by atoms with Gasteiger partial charge in [-0.1, -0.05) is 42.5 Å². The molecule has 2 aliphatic heterocycles. The summed E-state index contributed by atoms with van der Waals surface area (Å²) in [6, 6.07) is 17.5. The number of benzene rings is 2. The number of ether oxygens (including phenoxy) is 1. The Morgan fingerprint density at radius 2 is 1.81 bits per heavy atom. The molecule has 3 aromatic rings. The van der Waals surface area contributed by atoms with Crippen molar-refractivity contribution in [2.75, 3.05) is 35.2 Å². The third kappa shape index (κ3) is 5.50. The average molecular weight is 502 g/mol. The molecule has 1 atom stereocenters. The van der Waals surface area contributed by atoms with Crippen LogP contribution in [0.3, 0.4) is 0 Å². The molecule has 0 saturated carbocycles. The summed E-state index contributed by atoms with van der Waals surface area (Å²) in [5.41, 5.74) is 1.58. The summed E-state index contributed by atoms with van der Waals surface area (Å²) in [7, 11) is 0. The first-order valence-corrected chi connectivity index (χ1v) is 12.8. The second-order valence-corrected chi connectivity index (χ2v) is 9.50. The van der Waals surface area contributed by atoms with E-state index in [1.807, 2.05) is 24.0 Å². The van der Waals surface area contributed by atoms with Crippen molar-refractivity contribution in [2.45, 2.75) is 38.5 Å². The third-order valence-corrected chi connectivity index (χ3v) is 6.98. The highest BCUT2D eigenvalue weighted by Gasteiger charge is 2.35. The highest BCUT2D eigenvalue weighted by Crippen LogP contribution is 2.32. The van der Waals surface area contributed by atoms with Gasteiger partial charge in [-0.15, -0.1) is 0 Å². The van der Waals surface area contributed by atoms with E-state index in [1.54, 1.807) is 18.2 Å². The van der Waals surface area contributed by atoms with Crippen molar-refractivity contribution in [1.82, 2.24) is 9.97 Å². The maximum atomic E-state index is 13.2.